The first-order chi connectivity index (χ1) is 11.7. The zero-order valence-corrected chi connectivity index (χ0v) is 13.8. The second-order valence-electron chi connectivity index (χ2n) is 5.59. The molecule has 0 saturated carbocycles. The van der Waals surface area contributed by atoms with Crippen LogP contribution >= 0.6 is 0 Å². The summed E-state index contributed by atoms with van der Waals surface area (Å²) in [6.07, 6.45) is 0.928. The number of hydrogen-bond acceptors (Lipinski definition) is 5. The lowest BCUT2D eigenvalue weighted by molar-refractivity contribution is 0.399. The Kier molecular flexibility index (Phi) is 3.37. The molecule has 6 heteroatoms. The Morgan fingerprint density at radius 1 is 1.00 bits per heavy atom. The fourth-order valence-corrected chi connectivity index (χ4v) is 2.95. The highest BCUT2D eigenvalue weighted by Crippen LogP contribution is 2.28. The average molecular weight is 319 g/mol. The van der Waals surface area contributed by atoms with Crippen LogP contribution in [0.2, 0.25) is 0 Å². The molecule has 0 atom stereocenters. The molecule has 3 aromatic heterocycles. The Labute approximate surface area is 139 Å². The van der Waals surface area contributed by atoms with Gasteiger partial charge >= 0.3 is 0 Å². The van der Waals surface area contributed by atoms with E-state index in [2.05, 4.69) is 34.2 Å². The number of nitrogens with zero attached hydrogens (tertiary/aromatic N) is 5. The van der Waals surface area contributed by atoms with Crippen molar-refractivity contribution in [2.24, 2.45) is 0 Å². The minimum atomic E-state index is 0.540. The summed E-state index contributed by atoms with van der Waals surface area (Å²) in [6, 6.07) is 11.9. The highest BCUT2D eigenvalue weighted by atomic mass is 16.5. The molecule has 4 aromatic rings. The first kappa shape index (κ1) is 14.6. The molecule has 0 unspecified atom stereocenters. The maximum Gasteiger partial charge on any atom is 0.215 e. The SMILES string of the molecule is CCc1ccccc1-c1nc(C)c2nnc3ccc(OC)nc3n12. The predicted molar refractivity (Wildman–Crippen MR) is 92.2 cm³/mol. The van der Waals surface area contributed by atoms with Gasteiger partial charge in [-0.05, 0) is 25.0 Å². The fraction of sp³-hybridized carbons (Fsp3) is 0.222. The van der Waals surface area contributed by atoms with Gasteiger partial charge in [-0.15, -0.1) is 10.2 Å². The minimum Gasteiger partial charge on any atom is -0.481 e. The summed E-state index contributed by atoms with van der Waals surface area (Å²) in [4.78, 5) is 9.33. The van der Waals surface area contributed by atoms with Crippen LogP contribution in [0.3, 0.4) is 0 Å². The summed E-state index contributed by atoms with van der Waals surface area (Å²) in [7, 11) is 1.60. The van der Waals surface area contributed by atoms with Crippen LogP contribution in [0.5, 0.6) is 5.88 Å². The van der Waals surface area contributed by atoms with E-state index < -0.39 is 0 Å². The van der Waals surface area contributed by atoms with Crippen molar-refractivity contribution in [1.29, 1.82) is 0 Å². The molecule has 4 rings (SSSR count). The molecule has 3 heterocycles. The lowest BCUT2D eigenvalue weighted by atomic mass is 10.0. The van der Waals surface area contributed by atoms with Gasteiger partial charge in [0.25, 0.3) is 0 Å². The van der Waals surface area contributed by atoms with Gasteiger partial charge in [-0.1, -0.05) is 31.2 Å². The van der Waals surface area contributed by atoms with Crippen LogP contribution in [0.1, 0.15) is 18.2 Å². The largest absolute Gasteiger partial charge is 0.481 e. The van der Waals surface area contributed by atoms with E-state index in [0.29, 0.717) is 22.7 Å². The van der Waals surface area contributed by atoms with Crippen molar-refractivity contribution in [3.63, 3.8) is 0 Å². The smallest absolute Gasteiger partial charge is 0.215 e. The van der Waals surface area contributed by atoms with Crippen molar-refractivity contribution in [1.82, 2.24) is 24.6 Å². The minimum absolute atomic E-state index is 0.540. The van der Waals surface area contributed by atoms with Gasteiger partial charge in [-0.3, -0.25) is 4.40 Å². The van der Waals surface area contributed by atoms with Gasteiger partial charge in [-0.2, -0.15) is 4.98 Å². The van der Waals surface area contributed by atoms with Gasteiger partial charge in [0.05, 0.1) is 12.8 Å². The molecule has 120 valence electrons. The Morgan fingerprint density at radius 3 is 2.62 bits per heavy atom. The van der Waals surface area contributed by atoms with Crippen molar-refractivity contribution in [3.8, 4) is 17.3 Å². The number of aryl methyl sites for hydroxylation is 2. The molecule has 0 spiro atoms. The maximum atomic E-state index is 5.28. The molecule has 0 bridgehead atoms. The van der Waals surface area contributed by atoms with Gasteiger partial charge in [0.15, 0.2) is 11.3 Å². The number of fused-ring (bicyclic) bond motifs is 3. The Balaban J connectivity index is 2.14. The van der Waals surface area contributed by atoms with Crippen LogP contribution in [-0.2, 0) is 6.42 Å². The van der Waals surface area contributed by atoms with E-state index in [-0.39, 0.29) is 0 Å². The first-order valence-corrected chi connectivity index (χ1v) is 7.87. The van der Waals surface area contributed by atoms with Gasteiger partial charge in [0.2, 0.25) is 5.88 Å². The van der Waals surface area contributed by atoms with E-state index in [4.69, 9.17) is 9.72 Å². The monoisotopic (exact) mass is 319 g/mol. The Hall–Kier alpha value is -3.02. The third kappa shape index (κ3) is 2.11. The molecular formula is C18H17N5O. The van der Waals surface area contributed by atoms with E-state index in [9.17, 15) is 0 Å². The first-order valence-electron chi connectivity index (χ1n) is 7.87. The predicted octanol–water partition coefficient (Wildman–Crippen LogP) is 3.22. The highest BCUT2D eigenvalue weighted by Gasteiger charge is 2.17. The number of imidazole rings is 1. The van der Waals surface area contributed by atoms with Gasteiger partial charge < -0.3 is 4.74 Å². The van der Waals surface area contributed by atoms with Crippen molar-refractivity contribution in [3.05, 3.63) is 47.7 Å². The third-order valence-electron chi connectivity index (χ3n) is 4.16. The van der Waals surface area contributed by atoms with Crippen LogP contribution in [0, 0.1) is 6.92 Å². The van der Waals surface area contributed by atoms with E-state index in [1.807, 2.05) is 29.5 Å². The van der Waals surface area contributed by atoms with E-state index >= 15 is 0 Å². The summed E-state index contributed by atoms with van der Waals surface area (Å²) in [5.41, 5.74) is 5.26. The number of aromatic nitrogens is 5. The van der Waals surface area contributed by atoms with Crippen LogP contribution < -0.4 is 4.74 Å². The number of rotatable bonds is 3. The molecule has 0 amide bonds. The molecule has 0 aliphatic heterocycles. The summed E-state index contributed by atoms with van der Waals surface area (Å²) in [6.45, 7) is 4.08. The summed E-state index contributed by atoms with van der Waals surface area (Å²) >= 11 is 0. The normalized spacial score (nSPS) is 11.3. The van der Waals surface area contributed by atoms with Crippen LogP contribution in [0.4, 0.5) is 0 Å². The molecular weight excluding hydrogens is 302 g/mol. The zero-order valence-electron chi connectivity index (χ0n) is 13.8. The van der Waals surface area contributed by atoms with Crippen LogP contribution in [0.25, 0.3) is 28.2 Å². The fourth-order valence-electron chi connectivity index (χ4n) is 2.95. The van der Waals surface area contributed by atoms with Crippen LogP contribution in [-0.4, -0.2) is 31.7 Å². The second-order valence-corrected chi connectivity index (χ2v) is 5.59. The van der Waals surface area contributed by atoms with Gasteiger partial charge in [-0.25, -0.2) is 4.98 Å². The standard InChI is InChI=1S/C18H17N5O/c1-4-12-7-5-6-8-13(12)17-19-11(2)16-22-21-14-9-10-15(24-3)20-18(14)23(16)17/h5-10H,4H2,1-3H3. The number of benzene rings is 1. The molecule has 0 aliphatic rings. The highest BCUT2D eigenvalue weighted by molar-refractivity contribution is 5.78. The second kappa shape index (κ2) is 5.56. The quantitative estimate of drug-likeness (QED) is 0.580. The molecule has 0 saturated heterocycles. The summed E-state index contributed by atoms with van der Waals surface area (Å²) in [5.74, 6) is 1.37. The third-order valence-corrected chi connectivity index (χ3v) is 4.16. The maximum absolute atomic E-state index is 5.28. The van der Waals surface area contributed by atoms with E-state index in [1.54, 1.807) is 13.2 Å². The van der Waals surface area contributed by atoms with Crippen molar-refractivity contribution < 1.29 is 4.74 Å². The number of ether oxygens (including phenoxy) is 1. The molecule has 6 nitrogen and oxygen atoms in total. The van der Waals surface area contributed by atoms with E-state index in [1.165, 1.54) is 5.56 Å². The molecule has 0 radical (unpaired) electrons. The number of pyridine rings is 1. The molecule has 0 N–H and O–H groups in total. The number of hydrogen-bond donors (Lipinski definition) is 0. The molecule has 24 heavy (non-hydrogen) atoms. The van der Waals surface area contributed by atoms with Crippen molar-refractivity contribution >= 4 is 16.8 Å². The van der Waals surface area contributed by atoms with Crippen molar-refractivity contribution in [2.75, 3.05) is 7.11 Å². The molecule has 0 aliphatic carbocycles. The summed E-state index contributed by atoms with van der Waals surface area (Å²) in [5, 5.41) is 8.60. The summed E-state index contributed by atoms with van der Waals surface area (Å²) < 4.78 is 7.24. The lowest BCUT2D eigenvalue weighted by Gasteiger charge is -2.08. The van der Waals surface area contributed by atoms with Gasteiger partial charge in [0.1, 0.15) is 11.3 Å². The van der Waals surface area contributed by atoms with Gasteiger partial charge in [0, 0.05) is 11.6 Å². The zero-order chi connectivity index (χ0) is 16.7. The molecule has 1 aromatic carbocycles. The average Bonchev–Trinajstić information content (AvgIpc) is 2.98. The molecule has 0 fully saturated rings. The van der Waals surface area contributed by atoms with Crippen LogP contribution in [0.15, 0.2) is 36.4 Å². The van der Waals surface area contributed by atoms with Crippen molar-refractivity contribution in [2.45, 2.75) is 20.3 Å². The Morgan fingerprint density at radius 2 is 1.83 bits per heavy atom. The topological polar surface area (TPSA) is 65.2 Å². The van der Waals surface area contributed by atoms with E-state index in [0.717, 1.165) is 23.5 Å². The Bertz CT molecular complexity index is 1050. The number of methoxy groups -OCH3 is 1. The lowest BCUT2D eigenvalue weighted by Crippen LogP contribution is -2.01.